The zero-order valence-corrected chi connectivity index (χ0v) is 13.3. The summed E-state index contributed by atoms with van der Waals surface area (Å²) in [7, 11) is 0. The molecule has 3 rings (SSSR count). The van der Waals surface area contributed by atoms with Gasteiger partial charge in [-0.15, -0.1) is 0 Å². The summed E-state index contributed by atoms with van der Waals surface area (Å²) < 4.78 is 5.82. The van der Waals surface area contributed by atoms with Gasteiger partial charge in [0.15, 0.2) is 0 Å². The molecule has 0 spiro atoms. The summed E-state index contributed by atoms with van der Waals surface area (Å²) >= 11 is 5.92. The van der Waals surface area contributed by atoms with Crippen molar-refractivity contribution in [2.24, 2.45) is 0 Å². The van der Waals surface area contributed by atoms with Crippen LogP contribution in [0.2, 0.25) is 5.02 Å². The van der Waals surface area contributed by atoms with Crippen molar-refractivity contribution in [3.63, 3.8) is 0 Å². The zero-order valence-electron chi connectivity index (χ0n) is 12.6. The molecule has 2 aliphatic heterocycles. The van der Waals surface area contributed by atoms with Crippen LogP contribution in [-0.4, -0.2) is 49.3 Å². The Labute approximate surface area is 136 Å². The Hall–Kier alpha value is -1.30. The smallest absolute Gasteiger partial charge is 0.315 e. The molecule has 2 N–H and O–H groups in total. The Kier molecular flexibility index (Phi) is 5.18. The van der Waals surface area contributed by atoms with Crippen LogP contribution in [-0.2, 0) is 11.3 Å². The zero-order chi connectivity index (χ0) is 15.4. The average Bonchev–Trinajstić information content (AvgIpc) is 2.98. The van der Waals surface area contributed by atoms with Gasteiger partial charge >= 0.3 is 6.03 Å². The van der Waals surface area contributed by atoms with Gasteiger partial charge in [-0.05, 0) is 37.1 Å². The third kappa shape index (κ3) is 4.12. The largest absolute Gasteiger partial charge is 0.373 e. The highest BCUT2D eigenvalue weighted by molar-refractivity contribution is 6.30. The third-order valence-electron chi connectivity index (χ3n) is 4.29. The van der Waals surface area contributed by atoms with Crippen LogP contribution in [0.5, 0.6) is 0 Å². The van der Waals surface area contributed by atoms with Gasteiger partial charge in [-0.25, -0.2) is 4.79 Å². The van der Waals surface area contributed by atoms with Crippen LogP contribution in [0.15, 0.2) is 24.3 Å². The van der Waals surface area contributed by atoms with E-state index in [4.69, 9.17) is 16.3 Å². The molecule has 0 radical (unpaired) electrons. The first-order valence-corrected chi connectivity index (χ1v) is 8.20. The second-order valence-corrected chi connectivity index (χ2v) is 6.38. The molecule has 2 aliphatic rings. The van der Waals surface area contributed by atoms with Crippen LogP contribution in [0.3, 0.4) is 0 Å². The molecule has 5 nitrogen and oxygen atoms in total. The monoisotopic (exact) mass is 323 g/mol. The number of rotatable bonds is 4. The molecule has 0 saturated carbocycles. The summed E-state index contributed by atoms with van der Waals surface area (Å²) in [6.45, 7) is 3.87. The third-order valence-corrected chi connectivity index (χ3v) is 4.53. The Morgan fingerprint density at radius 3 is 3.18 bits per heavy atom. The van der Waals surface area contributed by atoms with Crippen molar-refractivity contribution >= 4 is 17.6 Å². The average molecular weight is 324 g/mol. The number of hydrogen-bond donors (Lipinski definition) is 2. The van der Waals surface area contributed by atoms with Gasteiger partial charge in [0.1, 0.15) is 0 Å². The molecule has 2 atom stereocenters. The Balaban J connectivity index is 1.37. The van der Waals surface area contributed by atoms with Crippen LogP contribution in [0.1, 0.15) is 18.4 Å². The lowest BCUT2D eigenvalue weighted by atomic mass is 10.2. The van der Waals surface area contributed by atoms with Crippen molar-refractivity contribution in [3.05, 3.63) is 34.9 Å². The lowest BCUT2D eigenvalue weighted by molar-refractivity contribution is -0.0457. The van der Waals surface area contributed by atoms with E-state index in [1.807, 2.05) is 24.3 Å². The maximum Gasteiger partial charge on any atom is 0.315 e. The lowest BCUT2D eigenvalue weighted by Crippen LogP contribution is -2.51. The van der Waals surface area contributed by atoms with Gasteiger partial charge in [0.25, 0.3) is 0 Å². The van der Waals surface area contributed by atoms with E-state index >= 15 is 0 Å². The predicted molar refractivity (Wildman–Crippen MR) is 86.0 cm³/mol. The number of ether oxygens (including phenoxy) is 1. The maximum atomic E-state index is 11.8. The normalized spacial score (nSPS) is 24.8. The van der Waals surface area contributed by atoms with Crippen LogP contribution in [0, 0.1) is 0 Å². The van der Waals surface area contributed by atoms with Gasteiger partial charge in [0.05, 0.1) is 12.7 Å². The quantitative estimate of drug-likeness (QED) is 0.891. The topological polar surface area (TPSA) is 53.6 Å². The van der Waals surface area contributed by atoms with E-state index in [0.717, 1.165) is 25.3 Å². The van der Waals surface area contributed by atoms with Crippen LogP contribution >= 0.6 is 11.6 Å². The van der Waals surface area contributed by atoms with E-state index in [-0.39, 0.29) is 12.1 Å². The second-order valence-electron chi connectivity index (χ2n) is 5.94. The summed E-state index contributed by atoms with van der Waals surface area (Å²) in [6.07, 6.45) is 2.58. The summed E-state index contributed by atoms with van der Waals surface area (Å²) in [6, 6.07) is 7.89. The predicted octanol–water partition coefficient (Wildman–Crippen LogP) is 2.00. The molecule has 2 saturated heterocycles. The molecule has 1 aromatic rings. The molecule has 0 bridgehead atoms. The first-order chi connectivity index (χ1) is 10.7. The maximum absolute atomic E-state index is 11.8. The number of amides is 2. The molecule has 1 aromatic carbocycles. The number of morpholine rings is 1. The highest BCUT2D eigenvalue weighted by atomic mass is 35.5. The summed E-state index contributed by atoms with van der Waals surface area (Å²) in [5, 5.41) is 6.39. The SMILES string of the molecule is O=C(NCc1cccc(Cl)c1)NC[C@@H]1CN2CCC[C@H]2CO1. The standard InChI is InChI=1S/C16H22ClN3O2/c17-13-4-1-3-12(7-13)8-18-16(21)19-9-15-10-20-6-2-5-14(20)11-22-15/h1,3-4,7,14-15H,2,5-6,8-11H2,(H2,18,19,21)/t14-,15+/m0/s1. The second kappa shape index (κ2) is 7.31. The molecule has 0 aromatic heterocycles. The molecule has 120 valence electrons. The van der Waals surface area contributed by atoms with E-state index in [1.165, 1.54) is 12.8 Å². The Morgan fingerprint density at radius 2 is 2.32 bits per heavy atom. The van der Waals surface area contributed by atoms with E-state index < -0.39 is 0 Å². The van der Waals surface area contributed by atoms with Gasteiger partial charge in [-0.1, -0.05) is 23.7 Å². The molecular weight excluding hydrogens is 302 g/mol. The number of carbonyl (C=O) groups is 1. The molecule has 22 heavy (non-hydrogen) atoms. The summed E-state index contributed by atoms with van der Waals surface area (Å²) in [5.74, 6) is 0. The number of fused-ring (bicyclic) bond motifs is 1. The van der Waals surface area contributed by atoms with Gasteiger partial charge in [0, 0.05) is 30.7 Å². The number of hydrogen-bond acceptors (Lipinski definition) is 3. The molecular formula is C16H22ClN3O2. The fraction of sp³-hybridized carbons (Fsp3) is 0.562. The first-order valence-electron chi connectivity index (χ1n) is 7.82. The Morgan fingerprint density at radius 1 is 1.41 bits per heavy atom. The van der Waals surface area contributed by atoms with Gasteiger partial charge < -0.3 is 15.4 Å². The molecule has 0 unspecified atom stereocenters. The number of carbonyl (C=O) groups excluding carboxylic acids is 1. The number of nitrogens with zero attached hydrogens (tertiary/aromatic N) is 1. The lowest BCUT2D eigenvalue weighted by Gasteiger charge is -2.35. The van der Waals surface area contributed by atoms with Crippen molar-refractivity contribution in [1.29, 1.82) is 0 Å². The fourth-order valence-corrected chi connectivity index (χ4v) is 3.32. The van der Waals surface area contributed by atoms with Crippen molar-refractivity contribution in [1.82, 2.24) is 15.5 Å². The molecule has 2 heterocycles. The van der Waals surface area contributed by atoms with Crippen molar-refractivity contribution in [3.8, 4) is 0 Å². The molecule has 0 aliphatic carbocycles. The van der Waals surface area contributed by atoms with Crippen molar-refractivity contribution < 1.29 is 9.53 Å². The van der Waals surface area contributed by atoms with E-state index in [9.17, 15) is 4.79 Å². The van der Waals surface area contributed by atoms with Gasteiger partial charge in [-0.2, -0.15) is 0 Å². The molecule has 6 heteroatoms. The highest BCUT2D eigenvalue weighted by Crippen LogP contribution is 2.22. The van der Waals surface area contributed by atoms with Crippen LogP contribution in [0.4, 0.5) is 4.79 Å². The molecule has 2 fully saturated rings. The Bertz CT molecular complexity index is 526. The number of nitrogens with one attached hydrogen (secondary N) is 2. The van der Waals surface area contributed by atoms with Crippen LogP contribution < -0.4 is 10.6 Å². The summed E-state index contributed by atoms with van der Waals surface area (Å²) in [4.78, 5) is 14.3. The van der Waals surface area contributed by atoms with E-state index in [0.29, 0.717) is 24.2 Å². The minimum absolute atomic E-state index is 0.0891. The van der Waals surface area contributed by atoms with Gasteiger partial charge in [-0.3, -0.25) is 4.90 Å². The first kappa shape index (κ1) is 15.6. The van der Waals surface area contributed by atoms with E-state index in [2.05, 4.69) is 15.5 Å². The van der Waals surface area contributed by atoms with Crippen LogP contribution in [0.25, 0.3) is 0 Å². The number of halogens is 1. The minimum atomic E-state index is -0.174. The summed E-state index contributed by atoms with van der Waals surface area (Å²) in [5.41, 5.74) is 0.983. The van der Waals surface area contributed by atoms with Crippen molar-refractivity contribution in [2.45, 2.75) is 31.5 Å². The van der Waals surface area contributed by atoms with E-state index in [1.54, 1.807) is 0 Å². The number of benzene rings is 1. The highest BCUT2D eigenvalue weighted by Gasteiger charge is 2.32. The molecule has 2 amide bonds. The fourth-order valence-electron chi connectivity index (χ4n) is 3.11. The van der Waals surface area contributed by atoms with Gasteiger partial charge in [0.2, 0.25) is 0 Å². The minimum Gasteiger partial charge on any atom is -0.373 e. The number of urea groups is 1. The van der Waals surface area contributed by atoms with Crippen molar-refractivity contribution in [2.75, 3.05) is 26.2 Å².